The van der Waals surface area contributed by atoms with E-state index in [1.807, 2.05) is 36.7 Å². The van der Waals surface area contributed by atoms with E-state index in [0.29, 0.717) is 5.56 Å². The Balaban J connectivity index is 1.34. The monoisotopic (exact) mass is 662 g/mol. The number of hydrogen-bond donors (Lipinski definition) is 0. The fourth-order valence-corrected chi connectivity index (χ4v) is 7.87. The van der Waals surface area contributed by atoms with Gasteiger partial charge in [0.1, 0.15) is 11.6 Å². The molecule has 0 bridgehead atoms. The van der Waals surface area contributed by atoms with Gasteiger partial charge < -0.3 is 9.13 Å². The highest BCUT2D eigenvalue weighted by atomic mass is 15.0. The van der Waals surface area contributed by atoms with Gasteiger partial charge in [-0.15, -0.1) is 0 Å². The summed E-state index contributed by atoms with van der Waals surface area (Å²) in [4.78, 5) is 4.33. The number of pyridine rings is 1. The summed E-state index contributed by atoms with van der Waals surface area (Å²) >= 11 is 0. The first-order valence-corrected chi connectivity index (χ1v) is 17.4. The minimum Gasteiger partial charge on any atom is -0.308 e. The summed E-state index contributed by atoms with van der Waals surface area (Å²) in [6.45, 7) is 0. The number of nitrogens with zero attached hydrogens (tertiary/aromatic N) is 4. The Bertz CT molecular complexity index is 2820. The molecule has 0 N–H and O–H groups in total. The van der Waals surface area contributed by atoms with Crippen molar-refractivity contribution in [3.05, 3.63) is 188 Å². The van der Waals surface area contributed by atoms with Crippen molar-refractivity contribution in [2.75, 3.05) is 0 Å². The summed E-state index contributed by atoms with van der Waals surface area (Å²) in [6, 6.07) is 62.4. The highest BCUT2D eigenvalue weighted by Gasteiger charge is 2.23. The predicted octanol–water partition coefficient (Wildman–Crippen LogP) is 12.1. The van der Waals surface area contributed by atoms with Crippen LogP contribution in [0.3, 0.4) is 0 Å². The summed E-state index contributed by atoms with van der Waals surface area (Å²) in [5.74, 6) is 0. The van der Waals surface area contributed by atoms with Crippen LogP contribution < -0.4 is 0 Å². The van der Waals surface area contributed by atoms with Crippen LogP contribution in [0.4, 0.5) is 0 Å². The van der Waals surface area contributed by atoms with E-state index < -0.39 is 0 Å². The van der Waals surface area contributed by atoms with Crippen LogP contribution in [0, 0.1) is 11.3 Å². The number of aromatic nitrogens is 3. The molecule has 0 unspecified atom stereocenters. The molecule has 52 heavy (non-hydrogen) atoms. The maximum absolute atomic E-state index is 11.3. The zero-order valence-electron chi connectivity index (χ0n) is 28.1. The quantitative estimate of drug-likeness (QED) is 0.184. The molecule has 242 valence electrons. The molecule has 0 spiro atoms. The molecule has 3 heterocycles. The summed E-state index contributed by atoms with van der Waals surface area (Å²) < 4.78 is 4.57. The van der Waals surface area contributed by atoms with E-state index in [2.05, 4.69) is 166 Å². The molecule has 0 amide bonds. The molecule has 0 fully saturated rings. The van der Waals surface area contributed by atoms with E-state index in [0.717, 1.165) is 88.4 Å². The second-order valence-electron chi connectivity index (χ2n) is 13.1. The van der Waals surface area contributed by atoms with Crippen LogP contribution in [-0.2, 0) is 0 Å². The average molecular weight is 663 g/mol. The molecule has 0 aliphatic rings. The van der Waals surface area contributed by atoms with Gasteiger partial charge in [0.15, 0.2) is 0 Å². The van der Waals surface area contributed by atoms with Gasteiger partial charge in [0.2, 0.25) is 0 Å². The van der Waals surface area contributed by atoms with Gasteiger partial charge in [-0.05, 0) is 81.9 Å². The molecule has 3 aromatic heterocycles. The second kappa shape index (κ2) is 12.0. The molecular weight excluding hydrogens is 633 g/mol. The molecule has 0 radical (unpaired) electrons. The van der Waals surface area contributed by atoms with Crippen molar-refractivity contribution in [2.24, 2.45) is 0 Å². The largest absolute Gasteiger partial charge is 0.308 e. The average Bonchev–Trinajstić information content (AvgIpc) is 3.73. The van der Waals surface area contributed by atoms with Crippen molar-refractivity contribution >= 4 is 43.6 Å². The summed E-state index contributed by atoms with van der Waals surface area (Å²) in [6.07, 6.45) is 3.65. The van der Waals surface area contributed by atoms with Crippen LogP contribution in [0.5, 0.6) is 0 Å². The Labute approximate surface area is 300 Å². The van der Waals surface area contributed by atoms with Crippen molar-refractivity contribution < 1.29 is 0 Å². The Kier molecular flexibility index (Phi) is 6.84. The lowest BCUT2D eigenvalue weighted by atomic mass is 10.00. The fraction of sp³-hybridized carbons (Fsp3) is 0. The molecule has 0 aliphatic heterocycles. The third-order valence-electron chi connectivity index (χ3n) is 10.3. The van der Waals surface area contributed by atoms with E-state index in [4.69, 9.17) is 0 Å². The van der Waals surface area contributed by atoms with Gasteiger partial charge in [0, 0.05) is 33.9 Å². The maximum atomic E-state index is 11.3. The number of benzene rings is 7. The molecule has 10 rings (SSSR count). The Morgan fingerprint density at radius 2 is 0.788 bits per heavy atom. The lowest BCUT2D eigenvalue weighted by molar-refractivity contribution is 1.12. The third kappa shape index (κ3) is 4.65. The smallest absolute Gasteiger partial charge is 0.104 e. The van der Waals surface area contributed by atoms with Gasteiger partial charge >= 0.3 is 0 Å². The van der Waals surface area contributed by atoms with Gasteiger partial charge in [-0.1, -0.05) is 121 Å². The van der Waals surface area contributed by atoms with Crippen molar-refractivity contribution in [1.29, 1.82) is 5.26 Å². The molecule has 10 aromatic rings. The van der Waals surface area contributed by atoms with Crippen LogP contribution in [0.15, 0.2) is 182 Å². The molecule has 0 saturated carbocycles. The minimum atomic E-state index is 0.596. The van der Waals surface area contributed by atoms with E-state index >= 15 is 0 Å². The van der Waals surface area contributed by atoms with Crippen LogP contribution in [0.25, 0.3) is 88.4 Å². The Hall–Kier alpha value is -7.22. The maximum Gasteiger partial charge on any atom is 0.104 e. The van der Waals surface area contributed by atoms with Crippen LogP contribution in [-0.4, -0.2) is 14.1 Å². The lowest BCUT2D eigenvalue weighted by Crippen LogP contribution is -2.05. The Morgan fingerprint density at radius 1 is 0.365 bits per heavy atom. The molecule has 7 aromatic carbocycles. The van der Waals surface area contributed by atoms with Gasteiger partial charge in [0.25, 0.3) is 0 Å². The zero-order chi connectivity index (χ0) is 34.6. The first kappa shape index (κ1) is 29.7. The number of para-hydroxylation sites is 2. The number of nitriles is 1. The number of hydrogen-bond acceptors (Lipinski definition) is 2. The first-order chi connectivity index (χ1) is 25.8. The highest BCUT2D eigenvalue weighted by molar-refractivity contribution is 6.12. The predicted molar refractivity (Wildman–Crippen MR) is 214 cm³/mol. The van der Waals surface area contributed by atoms with Gasteiger partial charge in [-0.2, -0.15) is 5.26 Å². The molecular formula is C48H30N4. The fourth-order valence-electron chi connectivity index (χ4n) is 7.87. The van der Waals surface area contributed by atoms with E-state index in [1.54, 1.807) is 0 Å². The van der Waals surface area contributed by atoms with Gasteiger partial charge in [-0.3, -0.25) is 4.98 Å². The van der Waals surface area contributed by atoms with Crippen LogP contribution >= 0.6 is 0 Å². The van der Waals surface area contributed by atoms with Gasteiger partial charge in [-0.25, -0.2) is 0 Å². The topological polar surface area (TPSA) is 46.5 Å². The SMILES string of the molecule is N#Cc1c(-n2c3ccccc3c3ccc(-c4ccccc4)cc32)cc(-c2ccncc2)cc1-n1c2ccccc2c2ccc(-c3ccccc3)cc21. The lowest BCUT2D eigenvalue weighted by Gasteiger charge is -2.18. The molecule has 0 aliphatic carbocycles. The third-order valence-corrected chi connectivity index (χ3v) is 10.3. The van der Waals surface area contributed by atoms with Crippen molar-refractivity contribution in [3.63, 3.8) is 0 Å². The first-order valence-electron chi connectivity index (χ1n) is 17.4. The van der Waals surface area contributed by atoms with Crippen molar-refractivity contribution in [3.8, 4) is 50.8 Å². The van der Waals surface area contributed by atoms with Crippen molar-refractivity contribution in [2.45, 2.75) is 0 Å². The van der Waals surface area contributed by atoms with Crippen LogP contribution in [0.2, 0.25) is 0 Å². The Morgan fingerprint density at radius 3 is 1.27 bits per heavy atom. The highest BCUT2D eigenvalue weighted by Crippen LogP contribution is 2.41. The molecule has 0 atom stereocenters. The number of rotatable bonds is 5. The van der Waals surface area contributed by atoms with Crippen molar-refractivity contribution in [1.82, 2.24) is 14.1 Å². The standard InChI is InChI=1S/C48H30N4/c49-31-42-47(51-43-17-9-7-15-38(43)40-21-19-35(27-45(40)51)32-11-3-1-4-12-32)29-37(34-23-25-50-26-24-34)30-48(42)52-44-18-10-8-16-39(44)41-22-20-36(28-46(41)52)33-13-5-2-6-14-33/h1-30H. The van der Waals surface area contributed by atoms with E-state index in [9.17, 15) is 5.26 Å². The van der Waals surface area contributed by atoms with Crippen LogP contribution in [0.1, 0.15) is 5.56 Å². The molecule has 4 heteroatoms. The van der Waals surface area contributed by atoms with E-state index in [-0.39, 0.29) is 0 Å². The van der Waals surface area contributed by atoms with E-state index in [1.165, 1.54) is 0 Å². The normalized spacial score (nSPS) is 11.4. The summed E-state index contributed by atoms with van der Waals surface area (Å²) in [5.41, 5.74) is 13.0. The summed E-state index contributed by atoms with van der Waals surface area (Å²) in [5, 5.41) is 15.9. The molecule has 0 saturated heterocycles. The minimum absolute atomic E-state index is 0.596. The molecule has 4 nitrogen and oxygen atoms in total. The number of fused-ring (bicyclic) bond motifs is 6. The summed E-state index contributed by atoms with van der Waals surface area (Å²) in [7, 11) is 0. The zero-order valence-corrected chi connectivity index (χ0v) is 28.1. The second-order valence-corrected chi connectivity index (χ2v) is 13.1. The van der Waals surface area contributed by atoms with Gasteiger partial charge in [0.05, 0.1) is 33.4 Å².